The highest BCUT2D eigenvalue weighted by Gasteiger charge is 2.11. The van der Waals surface area contributed by atoms with Gasteiger partial charge in [-0.05, 0) is 30.3 Å². The zero-order valence-electron chi connectivity index (χ0n) is 9.85. The lowest BCUT2D eigenvalue weighted by atomic mass is 10.2. The van der Waals surface area contributed by atoms with Crippen LogP contribution in [0.25, 0.3) is 11.0 Å². The maximum Gasteiger partial charge on any atom is 0.258 e. The maximum absolute atomic E-state index is 13.5. The molecule has 0 aliphatic rings. The van der Waals surface area contributed by atoms with Crippen molar-refractivity contribution >= 4 is 22.6 Å². The smallest absolute Gasteiger partial charge is 0.258 e. The molecule has 3 rings (SSSR count). The van der Waals surface area contributed by atoms with E-state index in [4.69, 9.17) is 0 Å². The van der Waals surface area contributed by atoms with Gasteiger partial charge in [0.1, 0.15) is 5.82 Å². The lowest BCUT2D eigenvalue weighted by molar-refractivity contribution is 0.102. The van der Waals surface area contributed by atoms with Crippen LogP contribution >= 0.6 is 0 Å². The van der Waals surface area contributed by atoms with Crippen LogP contribution in [0, 0.1) is 5.82 Å². The minimum Gasteiger partial charge on any atom is -0.345 e. The summed E-state index contributed by atoms with van der Waals surface area (Å²) in [6, 6.07) is 11.1. The van der Waals surface area contributed by atoms with Crippen molar-refractivity contribution in [2.45, 2.75) is 0 Å². The molecule has 2 aromatic carbocycles. The molecule has 0 spiro atoms. The van der Waals surface area contributed by atoms with E-state index in [2.05, 4.69) is 15.3 Å². The van der Waals surface area contributed by atoms with Crippen LogP contribution in [-0.4, -0.2) is 15.9 Å². The number of amides is 1. The van der Waals surface area contributed by atoms with E-state index in [1.807, 2.05) is 0 Å². The topological polar surface area (TPSA) is 57.8 Å². The first-order chi connectivity index (χ1) is 9.24. The van der Waals surface area contributed by atoms with Crippen LogP contribution in [-0.2, 0) is 0 Å². The zero-order valence-corrected chi connectivity index (χ0v) is 9.85. The van der Waals surface area contributed by atoms with Crippen LogP contribution in [0.1, 0.15) is 10.4 Å². The monoisotopic (exact) mass is 255 g/mol. The number of carbonyl (C=O) groups is 1. The number of hydrogen-bond acceptors (Lipinski definition) is 2. The van der Waals surface area contributed by atoms with Gasteiger partial charge in [0.2, 0.25) is 0 Å². The molecule has 3 aromatic rings. The minimum absolute atomic E-state index is 0.0206. The number of aromatic nitrogens is 2. The molecule has 0 atom stereocenters. The van der Waals surface area contributed by atoms with Gasteiger partial charge in [-0.15, -0.1) is 0 Å². The Kier molecular flexibility index (Phi) is 2.72. The molecule has 4 nitrogen and oxygen atoms in total. The average molecular weight is 255 g/mol. The highest BCUT2D eigenvalue weighted by atomic mass is 19.1. The Labute approximate surface area is 108 Å². The second-order valence-corrected chi connectivity index (χ2v) is 4.07. The van der Waals surface area contributed by atoms with Crippen molar-refractivity contribution < 1.29 is 9.18 Å². The molecule has 0 aliphatic carbocycles. The van der Waals surface area contributed by atoms with Gasteiger partial charge in [0.05, 0.1) is 22.9 Å². The molecule has 5 heteroatoms. The molecule has 0 saturated carbocycles. The number of H-pyrrole nitrogens is 1. The summed E-state index contributed by atoms with van der Waals surface area (Å²) >= 11 is 0. The molecular formula is C14H10FN3O. The first kappa shape index (κ1) is 11.4. The van der Waals surface area contributed by atoms with E-state index in [0.29, 0.717) is 5.69 Å². The van der Waals surface area contributed by atoms with Gasteiger partial charge in [-0.2, -0.15) is 0 Å². The summed E-state index contributed by atoms with van der Waals surface area (Å²) < 4.78 is 13.5. The van der Waals surface area contributed by atoms with Gasteiger partial charge >= 0.3 is 0 Å². The molecule has 0 fully saturated rings. The van der Waals surface area contributed by atoms with Crippen molar-refractivity contribution in [3.8, 4) is 0 Å². The quantitative estimate of drug-likeness (QED) is 0.739. The number of hydrogen-bond donors (Lipinski definition) is 2. The van der Waals surface area contributed by atoms with Crippen molar-refractivity contribution in [1.82, 2.24) is 9.97 Å². The zero-order chi connectivity index (χ0) is 13.2. The fraction of sp³-hybridized carbons (Fsp3) is 0. The number of fused-ring (bicyclic) bond motifs is 1. The lowest BCUT2D eigenvalue weighted by Crippen LogP contribution is -2.13. The Hall–Kier alpha value is -2.69. The summed E-state index contributed by atoms with van der Waals surface area (Å²) in [5, 5.41) is 2.65. The van der Waals surface area contributed by atoms with E-state index in [1.165, 1.54) is 12.1 Å². The standard InChI is InChI=1S/C14H10FN3O/c15-11-4-2-1-3-10(11)14(19)18-9-5-6-12-13(7-9)17-8-16-12/h1-8H,(H,16,17)(H,18,19). The van der Waals surface area contributed by atoms with Gasteiger partial charge in [0.15, 0.2) is 0 Å². The van der Waals surface area contributed by atoms with Crippen LogP contribution in [0.2, 0.25) is 0 Å². The number of halogens is 1. The number of anilines is 1. The first-order valence-corrected chi connectivity index (χ1v) is 5.73. The molecule has 0 unspecified atom stereocenters. The molecule has 19 heavy (non-hydrogen) atoms. The normalized spacial score (nSPS) is 10.6. The molecule has 0 saturated heterocycles. The summed E-state index contributed by atoms with van der Waals surface area (Å²) in [6.45, 7) is 0. The van der Waals surface area contributed by atoms with E-state index in [-0.39, 0.29) is 5.56 Å². The number of aromatic amines is 1. The number of nitrogens with zero attached hydrogens (tertiary/aromatic N) is 1. The third-order valence-electron chi connectivity index (χ3n) is 2.80. The fourth-order valence-corrected chi connectivity index (χ4v) is 1.86. The molecule has 0 aliphatic heterocycles. The van der Waals surface area contributed by atoms with Crippen LogP contribution in [0.4, 0.5) is 10.1 Å². The lowest BCUT2D eigenvalue weighted by Gasteiger charge is -2.05. The van der Waals surface area contributed by atoms with Crippen molar-refractivity contribution in [2.75, 3.05) is 5.32 Å². The van der Waals surface area contributed by atoms with Gasteiger partial charge < -0.3 is 10.3 Å². The van der Waals surface area contributed by atoms with Gasteiger partial charge in [-0.25, -0.2) is 9.37 Å². The highest BCUT2D eigenvalue weighted by molar-refractivity contribution is 6.05. The van der Waals surface area contributed by atoms with Crippen LogP contribution in [0.5, 0.6) is 0 Å². The third kappa shape index (κ3) is 2.18. The maximum atomic E-state index is 13.5. The van der Waals surface area contributed by atoms with Crippen LogP contribution in [0.3, 0.4) is 0 Å². The molecule has 1 heterocycles. The molecule has 1 aromatic heterocycles. The fourth-order valence-electron chi connectivity index (χ4n) is 1.86. The second kappa shape index (κ2) is 4.53. The SMILES string of the molecule is O=C(Nc1ccc2nc[nH]c2c1)c1ccccc1F. The minimum atomic E-state index is -0.539. The first-order valence-electron chi connectivity index (χ1n) is 5.73. The third-order valence-corrected chi connectivity index (χ3v) is 2.80. The van der Waals surface area contributed by atoms with E-state index < -0.39 is 11.7 Å². The summed E-state index contributed by atoms with van der Waals surface area (Å²) in [7, 11) is 0. The molecule has 94 valence electrons. The van der Waals surface area contributed by atoms with Gasteiger partial charge in [0.25, 0.3) is 5.91 Å². The Balaban J connectivity index is 1.88. The van der Waals surface area contributed by atoms with Gasteiger partial charge in [-0.1, -0.05) is 12.1 Å². The van der Waals surface area contributed by atoms with E-state index >= 15 is 0 Å². The Morgan fingerprint density at radius 1 is 1.21 bits per heavy atom. The summed E-state index contributed by atoms with van der Waals surface area (Å²) in [6.07, 6.45) is 1.58. The predicted octanol–water partition coefficient (Wildman–Crippen LogP) is 2.95. The molecule has 1 amide bonds. The number of nitrogens with one attached hydrogen (secondary N) is 2. The average Bonchev–Trinajstić information content (AvgIpc) is 2.86. The van der Waals surface area contributed by atoms with E-state index in [9.17, 15) is 9.18 Å². The molecule has 0 radical (unpaired) electrons. The number of benzene rings is 2. The molecular weight excluding hydrogens is 245 g/mol. The van der Waals surface area contributed by atoms with Crippen LogP contribution < -0.4 is 5.32 Å². The number of rotatable bonds is 2. The number of imidazole rings is 1. The second-order valence-electron chi connectivity index (χ2n) is 4.07. The van der Waals surface area contributed by atoms with Crippen molar-refractivity contribution in [1.29, 1.82) is 0 Å². The molecule has 0 bridgehead atoms. The van der Waals surface area contributed by atoms with Crippen molar-refractivity contribution in [2.24, 2.45) is 0 Å². The van der Waals surface area contributed by atoms with Gasteiger partial charge in [0, 0.05) is 5.69 Å². The summed E-state index contributed by atoms with van der Waals surface area (Å²) in [5.74, 6) is -1.01. The van der Waals surface area contributed by atoms with Crippen molar-refractivity contribution in [3.05, 3.63) is 60.2 Å². The van der Waals surface area contributed by atoms with Crippen LogP contribution in [0.15, 0.2) is 48.8 Å². The van der Waals surface area contributed by atoms with E-state index in [0.717, 1.165) is 11.0 Å². The Bertz CT molecular complexity index is 751. The van der Waals surface area contributed by atoms with Crippen molar-refractivity contribution in [3.63, 3.8) is 0 Å². The largest absolute Gasteiger partial charge is 0.345 e. The molecule has 2 N–H and O–H groups in total. The number of carbonyl (C=O) groups excluding carboxylic acids is 1. The predicted molar refractivity (Wildman–Crippen MR) is 70.4 cm³/mol. The Morgan fingerprint density at radius 2 is 2.05 bits per heavy atom. The highest BCUT2D eigenvalue weighted by Crippen LogP contribution is 2.17. The summed E-state index contributed by atoms with van der Waals surface area (Å²) in [5.41, 5.74) is 2.23. The van der Waals surface area contributed by atoms with Gasteiger partial charge in [-0.3, -0.25) is 4.79 Å². The van der Waals surface area contributed by atoms with E-state index in [1.54, 1.807) is 36.7 Å². The Morgan fingerprint density at radius 3 is 2.89 bits per heavy atom. The summed E-state index contributed by atoms with van der Waals surface area (Å²) in [4.78, 5) is 19.0.